The molecule has 0 spiro atoms. The normalized spacial score (nSPS) is 28.1. The number of rotatable bonds is 5. The lowest BCUT2D eigenvalue weighted by Gasteiger charge is -2.36. The lowest BCUT2D eigenvalue weighted by Crippen LogP contribution is -2.41. The third kappa shape index (κ3) is 5.41. The fraction of sp³-hybridized carbons (Fsp3) is 0.650. The number of carbonyl (C=O) groups excluding carboxylic acids is 1. The molecule has 0 radical (unpaired) electrons. The molecule has 1 aromatic rings. The van der Waals surface area contributed by atoms with Crippen LogP contribution in [-0.2, 0) is 4.74 Å². The monoisotopic (exact) mass is 382 g/mol. The molecule has 1 aliphatic heterocycles. The number of amides is 1. The standard InChI is InChI=1S/C20H28ClFN2O2/c1-20(2)11-13(5-6-26-20)12-23-17-3-4-18(10-17)24-19(25)14-7-15(21)9-16(22)8-14/h7-9,13,17-18,23H,3-6,10-12H2,1-2H3,(H,24,25)/t13?,17-,18-/m0/s1. The molecule has 6 heteroatoms. The van der Waals surface area contributed by atoms with E-state index in [1.807, 2.05) is 0 Å². The Kier molecular flexibility index (Phi) is 6.21. The number of hydrogen-bond acceptors (Lipinski definition) is 3. The maximum Gasteiger partial charge on any atom is 0.251 e. The third-order valence-corrected chi connectivity index (χ3v) is 5.61. The van der Waals surface area contributed by atoms with Crippen molar-refractivity contribution in [3.8, 4) is 0 Å². The summed E-state index contributed by atoms with van der Waals surface area (Å²) in [6, 6.07) is 4.46. The highest BCUT2D eigenvalue weighted by molar-refractivity contribution is 6.31. The molecule has 2 fully saturated rings. The minimum Gasteiger partial charge on any atom is -0.376 e. The number of hydrogen-bond donors (Lipinski definition) is 2. The van der Waals surface area contributed by atoms with Crippen molar-refractivity contribution in [2.24, 2.45) is 5.92 Å². The molecule has 3 atom stereocenters. The van der Waals surface area contributed by atoms with Crippen LogP contribution in [0.1, 0.15) is 56.3 Å². The van der Waals surface area contributed by atoms with Crippen molar-refractivity contribution in [3.63, 3.8) is 0 Å². The van der Waals surface area contributed by atoms with Crippen LogP contribution in [0.5, 0.6) is 0 Å². The molecule has 1 saturated heterocycles. The van der Waals surface area contributed by atoms with E-state index in [0.29, 0.717) is 12.0 Å². The van der Waals surface area contributed by atoms with E-state index in [4.69, 9.17) is 16.3 Å². The molecule has 1 saturated carbocycles. The average Bonchev–Trinajstić information content (AvgIpc) is 2.98. The van der Waals surface area contributed by atoms with E-state index < -0.39 is 5.82 Å². The molecular formula is C20H28ClFN2O2. The summed E-state index contributed by atoms with van der Waals surface area (Å²) in [4.78, 5) is 12.3. The summed E-state index contributed by atoms with van der Waals surface area (Å²) in [6.45, 7) is 6.13. The Balaban J connectivity index is 1.44. The van der Waals surface area contributed by atoms with Crippen molar-refractivity contribution in [2.45, 2.75) is 63.6 Å². The van der Waals surface area contributed by atoms with E-state index in [9.17, 15) is 9.18 Å². The predicted octanol–water partition coefficient (Wildman–Crippen LogP) is 3.92. The van der Waals surface area contributed by atoms with Crippen LogP contribution in [0.4, 0.5) is 4.39 Å². The molecule has 0 aromatic heterocycles. The summed E-state index contributed by atoms with van der Waals surface area (Å²) in [6.07, 6.45) is 5.06. The van der Waals surface area contributed by atoms with Gasteiger partial charge in [0.15, 0.2) is 0 Å². The highest BCUT2D eigenvalue weighted by Crippen LogP contribution is 2.29. The third-order valence-electron chi connectivity index (χ3n) is 5.39. The molecule has 1 unspecified atom stereocenters. The zero-order chi connectivity index (χ0) is 18.7. The molecule has 2 aliphatic rings. The summed E-state index contributed by atoms with van der Waals surface area (Å²) in [5.41, 5.74) is 0.249. The molecule has 26 heavy (non-hydrogen) atoms. The Bertz CT molecular complexity index is 632. The molecule has 1 amide bonds. The second kappa shape index (κ2) is 8.24. The predicted molar refractivity (Wildman–Crippen MR) is 101 cm³/mol. The zero-order valence-electron chi connectivity index (χ0n) is 15.5. The highest BCUT2D eigenvalue weighted by Gasteiger charge is 2.30. The van der Waals surface area contributed by atoms with Crippen molar-refractivity contribution in [1.29, 1.82) is 0 Å². The van der Waals surface area contributed by atoms with Crippen LogP contribution in [0.3, 0.4) is 0 Å². The fourth-order valence-corrected chi connectivity index (χ4v) is 4.34. The van der Waals surface area contributed by atoms with E-state index in [-0.39, 0.29) is 28.1 Å². The Labute approximate surface area is 159 Å². The van der Waals surface area contributed by atoms with Crippen LogP contribution in [-0.4, -0.2) is 36.7 Å². The number of halogens is 2. The Morgan fingerprint density at radius 1 is 1.27 bits per heavy atom. The molecule has 1 heterocycles. The summed E-state index contributed by atoms with van der Waals surface area (Å²) < 4.78 is 19.2. The smallest absolute Gasteiger partial charge is 0.251 e. The largest absolute Gasteiger partial charge is 0.376 e. The summed E-state index contributed by atoms with van der Waals surface area (Å²) in [5, 5.41) is 6.91. The van der Waals surface area contributed by atoms with Gasteiger partial charge in [-0.05, 0) is 76.6 Å². The minimum absolute atomic E-state index is 0.0248. The lowest BCUT2D eigenvalue weighted by atomic mass is 9.88. The van der Waals surface area contributed by atoms with Gasteiger partial charge in [0.2, 0.25) is 0 Å². The number of ether oxygens (including phenoxy) is 1. The van der Waals surface area contributed by atoms with Gasteiger partial charge in [0.1, 0.15) is 5.82 Å². The molecule has 3 rings (SSSR count). The molecule has 0 bridgehead atoms. The van der Waals surface area contributed by atoms with Gasteiger partial charge in [-0.2, -0.15) is 0 Å². The number of carbonyl (C=O) groups is 1. The average molecular weight is 383 g/mol. The van der Waals surface area contributed by atoms with Gasteiger partial charge >= 0.3 is 0 Å². The number of nitrogens with one attached hydrogen (secondary N) is 2. The molecule has 4 nitrogen and oxygen atoms in total. The van der Waals surface area contributed by atoms with Crippen LogP contribution in [0.25, 0.3) is 0 Å². The van der Waals surface area contributed by atoms with Crippen molar-refractivity contribution < 1.29 is 13.9 Å². The summed E-state index contributed by atoms with van der Waals surface area (Å²) >= 11 is 5.83. The van der Waals surface area contributed by atoms with Crippen molar-refractivity contribution in [3.05, 3.63) is 34.6 Å². The van der Waals surface area contributed by atoms with Gasteiger partial charge in [-0.15, -0.1) is 0 Å². The van der Waals surface area contributed by atoms with E-state index in [1.165, 1.54) is 18.2 Å². The van der Waals surface area contributed by atoms with Gasteiger partial charge in [0.05, 0.1) is 5.60 Å². The van der Waals surface area contributed by atoms with Crippen LogP contribution in [0, 0.1) is 11.7 Å². The Morgan fingerprint density at radius 2 is 2.04 bits per heavy atom. The van der Waals surface area contributed by atoms with E-state index in [0.717, 1.165) is 45.3 Å². The first-order chi connectivity index (χ1) is 12.3. The first-order valence-electron chi connectivity index (χ1n) is 9.45. The summed E-state index contributed by atoms with van der Waals surface area (Å²) in [5.74, 6) is -0.113. The van der Waals surface area contributed by atoms with Crippen LogP contribution in [0.15, 0.2) is 18.2 Å². The van der Waals surface area contributed by atoms with Gasteiger partial charge in [0.25, 0.3) is 5.91 Å². The van der Waals surface area contributed by atoms with Crippen molar-refractivity contribution in [2.75, 3.05) is 13.2 Å². The summed E-state index contributed by atoms with van der Waals surface area (Å²) in [7, 11) is 0. The van der Waals surface area contributed by atoms with Crippen LogP contribution >= 0.6 is 11.6 Å². The van der Waals surface area contributed by atoms with Gasteiger partial charge in [-0.25, -0.2) is 4.39 Å². The minimum atomic E-state index is -0.493. The Hall–Kier alpha value is -1.17. The van der Waals surface area contributed by atoms with Crippen molar-refractivity contribution >= 4 is 17.5 Å². The first-order valence-corrected chi connectivity index (χ1v) is 9.83. The molecule has 144 valence electrons. The molecular weight excluding hydrogens is 355 g/mol. The van der Waals surface area contributed by atoms with E-state index in [2.05, 4.69) is 24.5 Å². The SMILES string of the molecule is CC1(C)CC(CN[C@H]2CC[C@H](NC(=O)c3cc(F)cc(Cl)c3)C2)CCO1. The van der Waals surface area contributed by atoms with Crippen LogP contribution in [0.2, 0.25) is 5.02 Å². The quantitative estimate of drug-likeness (QED) is 0.811. The maximum absolute atomic E-state index is 13.4. The Morgan fingerprint density at radius 3 is 2.77 bits per heavy atom. The first kappa shape index (κ1) is 19.6. The van der Waals surface area contributed by atoms with Crippen molar-refractivity contribution in [1.82, 2.24) is 10.6 Å². The van der Waals surface area contributed by atoms with Gasteiger partial charge in [-0.1, -0.05) is 11.6 Å². The molecule has 1 aromatic carbocycles. The number of benzene rings is 1. The van der Waals surface area contributed by atoms with Gasteiger partial charge in [0, 0.05) is 29.3 Å². The second-order valence-electron chi connectivity index (χ2n) is 8.21. The zero-order valence-corrected chi connectivity index (χ0v) is 16.2. The molecule has 1 aliphatic carbocycles. The van der Waals surface area contributed by atoms with E-state index in [1.54, 1.807) is 0 Å². The second-order valence-corrected chi connectivity index (χ2v) is 8.65. The van der Waals surface area contributed by atoms with Crippen LogP contribution < -0.4 is 10.6 Å². The topological polar surface area (TPSA) is 50.4 Å². The van der Waals surface area contributed by atoms with E-state index >= 15 is 0 Å². The molecule has 2 N–H and O–H groups in total. The fourth-order valence-electron chi connectivity index (χ4n) is 4.12. The maximum atomic E-state index is 13.4. The lowest BCUT2D eigenvalue weighted by molar-refractivity contribution is -0.0721. The van der Waals surface area contributed by atoms with Gasteiger partial charge < -0.3 is 15.4 Å². The highest BCUT2D eigenvalue weighted by atomic mass is 35.5. The van der Waals surface area contributed by atoms with Gasteiger partial charge in [-0.3, -0.25) is 4.79 Å².